The standard InChI is InChI=1S/C7H5ClN4O/c8-5-1-3-6(4-2-5)13-7-9-11-12-10-7/h1-4H,(H,9,10,11,12). The molecule has 0 aliphatic heterocycles. The molecule has 0 saturated carbocycles. The molecule has 2 aromatic rings. The molecular weight excluding hydrogens is 192 g/mol. The van der Waals surface area contributed by atoms with Gasteiger partial charge in [-0.3, -0.25) is 0 Å². The lowest BCUT2D eigenvalue weighted by Crippen LogP contribution is -1.85. The van der Waals surface area contributed by atoms with Gasteiger partial charge in [-0.15, -0.1) is 0 Å². The fourth-order valence-electron chi connectivity index (χ4n) is 0.808. The zero-order valence-corrected chi connectivity index (χ0v) is 7.19. The first-order valence-corrected chi connectivity index (χ1v) is 3.89. The smallest absolute Gasteiger partial charge is 0.338 e. The maximum Gasteiger partial charge on any atom is 0.338 e. The van der Waals surface area contributed by atoms with Crippen LogP contribution in [-0.2, 0) is 0 Å². The van der Waals surface area contributed by atoms with E-state index < -0.39 is 0 Å². The van der Waals surface area contributed by atoms with E-state index in [1.807, 2.05) is 0 Å². The molecule has 13 heavy (non-hydrogen) atoms. The molecule has 5 nitrogen and oxygen atoms in total. The number of halogens is 1. The number of aromatic nitrogens is 4. The summed E-state index contributed by atoms with van der Waals surface area (Å²) < 4.78 is 5.22. The summed E-state index contributed by atoms with van der Waals surface area (Å²) in [6.45, 7) is 0. The van der Waals surface area contributed by atoms with E-state index in [1.54, 1.807) is 24.3 Å². The van der Waals surface area contributed by atoms with Gasteiger partial charge in [-0.2, -0.15) is 0 Å². The second-order valence-corrected chi connectivity index (χ2v) is 2.70. The molecule has 1 aromatic heterocycles. The largest absolute Gasteiger partial charge is 0.424 e. The van der Waals surface area contributed by atoms with Crippen molar-refractivity contribution in [3.05, 3.63) is 29.3 Å². The third kappa shape index (κ3) is 1.94. The van der Waals surface area contributed by atoms with Gasteiger partial charge in [-0.05, 0) is 34.7 Å². The Morgan fingerprint density at radius 3 is 2.62 bits per heavy atom. The van der Waals surface area contributed by atoms with Gasteiger partial charge in [0.25, 0.3) is 0 Å². The Labute approximate surface area is 78.7 Å². The van der Waals surface area contributed by atoms with Crippen molar-refractivity contribution in [2.75, 3.05) is 0 Å². The van der Waals surface area contributed by atoms with Gasteiger partial charge in [0.05, 0.1) is 0 Å². The number of hydrogen-bond donors (Lipinski definition) is 1. The van der Waals surface area contributed by atoms with Gasteiger partial charge in [0.15, 0.2) is 0 Å². The highest BCUT2D eigenvalue weighted by Gasteiger charge is 1.99. The quantitative estimate of drug-likeness (QED) is 0.793. The summed E-state index contributed by atoms with van der Waals surface area (Å²) >= 11 is 5.69. The number of tetrazole rings is 1. The van der Waals surface area contributed by atoms with Crippen molar-refractivity contribution in [1.29, 1.82) is 0 Å². The molecule has 0 atom stereocenters. The fraction of sp³-hybridized carbons (Fsp3) is 0. The summed E-state index contributed by atoms with van der Waals surface area (Å²) in [6, 6.07) is 7.15. The number of rotatable bonds is 2. The van der Waals surface area contributed by atoms with Crippen LogP contribution in [0.4, 0.5) is 0 Å². The van der Waals surface area contributed by atoms with Crippen molar-refractivity contribution in [3.63, 3.8) is 0 Å². The summed E-state index contributed by atoms with van der Waals surface area (Å²) in [6.07, 6.45) is 0. The Morgan fingerprint density at radius 2 is 2.00 bits per heavy atom. The monoisotopic (exact) mass is 196 g/mol. The van der Waals surface area contributed by atoms with Gasteiger partial charge < -0.3 is 4.74 Å². The van der Waals surface area contributed by atoms with E-state index in [1.165, 1.54) is 0 Å². The van der Waals surface area contributed by atoms with Crippen LogP contribution in [0.25, 0.3) is 0 Å². The topological polar surface area (TPSA) is 63.7 Å². The van der Waals surface area contributed by atoms with Crippen LogP contribution in [0, 0.1) is 0 Å². The normalized spacial score (nSPS) is 9.92. The molecular formula is C7H5ClN4O. The Hall–Kier alpha value is -1.62. The molecule has 0 fully saturated rings. The van der Waals surface area contributed by atoms with E-state index in [4.69, 9.17) is 16.3 Å². The summed E-state index contributed by atoms with van der Waals surface area (Å²) in [5.41, 5.74) is 0. The zero-order chi connectivity index (χ0) is 9.10. The van der Waals surface area contributed by atoms with Gasteiger partial charge in [-0.1, -0.05) is 16.7 Å². The first-order chi connectivity index (χ1) is 6.34. The van der Waals surface area contributed by atoms with E-state index in [-0.39, 0.29) is 6.01 Å². The lowest BCUT2D eigenvalue weighted by atomic mass is 10.3. The molecule has 0 aliphatic rings. The van der Waals surface area contributed by atoms with Crippen molar-refractivity contribution >= 4 is 11.6 Å². The zero-order valence-electron chi connectivity index (χ0n) is 6.44. The minimum Gasteiger partial charge on any atom is -0.424 e. The average molecular weight is 197 g/mol. The predicted molar refractivity (Wildman–Crippen MR) is 45.7 cm³/mol. The van der Waals surface area contributed by atoms with Crippen LogP contribution in [0.2, 0.25) is 5.02 Å². The molecule has 6 heteroatoms. The van der Waals surface area contributed by atoms with Crippen LogP contribution in [0.15, 0.2) is 24.3 Å². The van der Waals surface area contributed by atoms with Crippen molar-refractivity contribution < 1.29 is 4.74 Å². The van der Waals surface area contributed by atoms with Gasteiger partial charge in [0, 0.05) is 5.02 Å². The van der Waals surface area contributed by atoms with Crippen molar-refractivity contribution in [2.24, 2.45) is 0 Å². The number of aromatic amines is 1. The second kappa shape index (κ2) is 3.40. The molecule has 1 N–H and O–H groups in total. The van der Waals surface area contributed by atoms with E-state index in [0.717, 1.165) is 0 Å². The highest BCUT2D eigenvalue weighted by molar-refractivity contribution is 6.30. The molecule has 0 unspecified atom stereocenters. The number of H-pyrrole nitrogens is 1. The van der Waals surface area contributed by atoms with E-state index in [2.05, 4.69) is 20.6 Å². The lowest BCUT2D eigenvalue weighted by molar-refractivity contribution is 0.442. The molecule has 0 radical (unpaired) electrons. The Morgan fingerprint density at radius 1 is 1.23 bits per heavy atom. The van der Waals surface area contributed by atoms with E-state index in [9.17, 15) is 0 Å². The van der Waals surface area contributed by atoms with E-state index in [0.29, 0.717) is 10.8 Å². The third-order valence-electron chi connectivity index (χ3n) is 1.35. The van der Waals surface area contributed by atoms with Crippen molar-refractivity contribution in [2.45, 2.75) is 0 Å². The Bertz CT molecular complexity index is 372. The molecule has 0 saturated heterocycles. The van der Waals surface area contributed by atoms with Gasteiger partial charge in [0.1, 0.15) is 5.75 Å². The third-order valence-corrected chi connectivity index (χ3v) is 1.61. The fourth-order valence-corrected chi connectivity index (χ4v) is 0.934. The van der Waals surface area contributed by atoms with Crippen LogP contribution >= 0.6 is 11.6 Å². The molecule has 0 amide bonds. The van der Waals surface area contributed by atoms with Gasteiger partial charge in [0.2, 0.25) is 0 Å². The first kappa shape index (κ1) is 8.00. The summed E-state index contributed by atoms with van der Waals surface area (Å²) in [5, 5.41) is 13.4. The first-order valence-electron chi connectivity index (χ1n) is 3.52. The summed E-state index contributed by atoms with van der Waals surface area (Å²) in [5.74, 6) is 0.628. The molecule has 1 heterocycles. The summed E-state index contributed by atoms with van der Waals surface area (Å²) in [4.78, 5) is 0. The molecule has 0 bridgehead atoms. The van der Waals surface area contributed by atoms with Crippen LogP contribution < -0.4 is 4.74 Å². The minimum atomic E-state index is 0.252. The molecule has 0 spiro atoms. The van der Waals surface area contributed by atoms with Crippen LogP contribution in [0.1, 0.15) is 0 Å². The molecule has 2 rings (SSSR count). The maximum atomic E-state index is 5.69. The van der Waals surface area contributed by atoms with Crippen molar-refractivity contribution in [1.82, 2.24) is 20.6 Å². The van der Waals surface area contributed by atoms with Gasteiger partial charge >= 0.3 is 6.01 Å². The average Bonchev–Trinajstić information content (AvgIpc) is 2.62. The molecule has 1 aromatic carbocycles. The Kier molecular flexibility index (Phi) is 2.09. The predicted octanol–water partition coefficient (Wildman–Crippen LogP) is 1.65. The SMILES string of the molecule is Clc1ccc(Oc2nnn[nH]2)cc1. The highest BCUT2D eigenvalue weighted by atomic mass is 35.5. The number of benzene rings is 1. The Balaban J connectivity index is 2.15. The molecule has 66 valence electrons. The van der Waals surface area contributed by atoms with Crippen LogP contribution in [-0.4, -0.2) is 20.6 Å². The molecule has 0 aliphatic carbocycles. The van der Waals surface area contributed by atoms with E-state index >= 15 is 0 Å². The number of ether oxygens (including phenoxy) is 1. The minimum absolute atomic E-state index is 0.252. The summed E-state index contributed by atoms with van der Waals surface area (Å²) in [7, 11) is 0. The number of nitrogens with zero attached hydrogens (tertiary/aromatic N) is 3. The van der Waals surface area contributed by atoms with Crippen molar-refractivity contribution in [3.8, 4) is 11.8 Å². The van der Waals surface area contributed by atoms with Crippen LogP contribution in [0.3, 0.4) is 0 Å². The highest BCUT2D eigenvalue weighted by Crippen LogP contribution is 2.18. The lowest BCUT2D eigenvalue weighted by Gasteiger charge is -1.98. The number of hydrogen-bond acceptors (Lipinski definition) is 4. The number of nitrogens with one attached hydrogen (secondary N) is 1. The maximum absolute atomic E-state index is 5.69. The van der Waals surface area contributed by atoms with Crippen LogP contribution in [0.5, 0.6) is 11.8 Å². The second-order valence-electron chi connectivity index (χ2n) is 2.26. The van der Waals surface area contributed by atoms with Gasteiger partial charge in [-0.25, -0.2) is 5.10 Å².